The van der Waals surface area contributed by atoms with Crippen LogP contribution in [0.3, 0.4) is 0 Å². The summed E-state index contributed by atoms with van der Waals surface area (Å²) >= 11 is 3.28. The molecule has 2 aromatic carbocycles. The number of rotatable bonds is 0. The summed E-state index contributed by atoms with van der Waals surface area (Å²) in [5.41, 5.74) is 1.15. The second-order valence-corrected chi connectivity index (χ2v) is 6.74. The smallest absolute Gasteiger partial charge is 0.157 e. The fourth-order valence-electron chi connectivity index (χ4n) is 3.48. The van der Waals surface area contributed by atoms with Gasteiger partial charge >= 0.3 is 0 Å². The number of aromatic hydroxyl groups is 3. The molecule has 1 aliphatic heterocycles. The third-order valence-corrected chi connectivity index (χ3v) is 5.08. The lowest BCUT2D eigenvalue weighted by molar-refractivity contribution is -0.0219. The van der Waals surface area contributed by atoms with Crippen molar-refractivity contribution in [3.63, 3.8) is 0 Å². The molecule has 114 valence electrons. The zero-order chi connectivity index (χ0) is 15.6. The van der Waals surface area contributed by atoms with E-state index >= 15 is 0 Å². The van der Waals surface area contributed by atoms with Gasteiger partial charge in [-0.25, -0.2) is 0 Å². The summed E-state index contributed by atoms with van der Waals surface area (Å²) in [6.07, 6.45) is 0.332. The monoisotopic (exact) mass is 364 g/mol. The molecule has 0 amide bonds. The van der Waals surface area contributed by atoms with Crippen LogP contribution in [-0.4, -0.2) is 32.6 Å². The number of aliphatic hydroxyl groups is 1. The minimum Gasteiger partial charge on any atom is -0.507 e. The number of fused-ring (bicyclic) bond motifs is 5. The van der Waals surface area contributed by atoms with Gasteiger partial charge in [0.25, 0.3) is 0 Å². The van der Waals surface area contributed by atoms with Gasteiger partial charge in [-0.3, -0.25) is 0 Å². The average Bonchev–Trinajstić information content (AvgIpc) is 2.73. The molecular formula is C16H13BrO5. The summed E-state index contributed by atoms with van der Waals surface area (Å²) in [5.74, 6) is -0.218. The Bertz CT molecular complexity index is 804. The number of hydrogen-bond donors (Lipinski definition) is 4. The number of ether oxygens (including phenoxy) is 1. The Kier molecular flexibility index (Phi) is 2.68. The normalized spacial score (nSPS) is 25.1. The topological polar surface area (TPSA) is 90.2 Å². The highest BCUT2D eigenvalue weighted by molar-refractivity contribution is 9.10. The molecule has 0 bridgehead atoms. The van der Waals surface area contributed by atoms with E-state index in [0.717, 1.165) is 16.7 Å². The van der Waals surface area contributed by atoms with Gasteiger partial charge in [-0.15, -0.1) is 0 Å². The number of phenols is 3. The highest BCUT2D eigenvalue weighted by Crippen LogP contribution is 2.53. The molecule has 4 rings (SSSR count). The highest BCUT2D eigenvalue weighted by Gasteiger charge is 2.50. The number of benzene rings is 2. The van der Waals surface area contributed by atoms with Crippen molar-refractivity contribution in [1.29, 1.82) is 0 Å². The number of phenolic OH excluding ortho intramolecular Hbond substituents is 3. The summed E-state index contributed by atoms with van der Waals surface area (Å²) in [5, 5.41) is 40.2. The van der Waals surface area contributed by atoms with Gasteiger partial charge in [0.15, 0.2) is 11.5 Å². The van der Waals surface area contributed by atoms with Crippen molar-refractivity contribution in [1.82, 2.24) is 0 Å². The standard InChI is InChI=1S/C16H13BrO5/c17-10-2-9-14(4-11(10)18)22-6-16(21)5-7-1-12(19)13(20)3-8(7)15(9)16/h1-4,15,18-21H,5-6H2/t15-,16-/m1/s1. The van der Waals surface area contributed by atoms with Gasteiger partial charge in [0, 0.05) is 24.0 Å². The van der Waals surface area contributed by atoms with Crippen molar-refractivity contribution < 1.29 is 25.2 Å². The van der Waals surface area contributed by atoms with Crippen LogP contribution in [0.15, 0.2) is 28.7 Å². The molecule has 5 nitrogen and oxygen atoms in total. The first-order valence-corrected chi connectivity index (χ1v) is 7.61. The molecule has 2 atom stereocenters. The van der Waals surface area contributed by atoms with E-state index in [-0.39, 0.29) is 29.8 Å². The van der Waals surface area contributed by atoms with Crippen molar-refractivity contribution in [3.05, 3.63) is 45.4 Å². The zero-order valence-corrected chi connectivity index (χ0v) is 13.0. The van der Waals surface area contributed by atoms with E-state index in [2.05, 4.69) is 15.9 Å². The Hall–Kier alpha value is -1.92. The predicted molar refractivity (Wildman–Crippen MR) is 81.6 cm³/mol. The van der Waals surface area contributed by atoms with Crippen LogP contribution in [0.5, 0.6) is 23.0 Å². The lowest BCUT2D eigenvalue weighted by Crippen LogP contribution is -2.43. The number of halogens is 1. The molecule has 0 radical (unpaired) electrons. The summed E-state index contributed by atoms with van der Waals surface area (Å²) < 4.78 is 6.12. The molecule has 0 saturated heterocycles. The van der Waals surface area contributed by atoms with E-state index in [1.165, 1.54) is 18.2 Å². The highest BCUT2D eigenvalue weighted by atomic mass is 79.9. The zero-order valence-electron chi connectivity index (χ0n) is 11.4. The fraction of sp³-hybridized carbons (Fsp3) is 0.250. The maximum absolute atomic E-state index is 11.0. The number of hydrogen-bond acceptors (Lipinski definition) is 5. The molecule has 1 aliphatic carbocycles. The molecule has 6 heteroatoms. The first kappa shape index (κ1) is 13.7. The average molecular weight is 365 g/mol. The minimum atomic E-state index is -1.13. The van der Waals surface area contributed by atoms with E-state index in [1.54, 1.807) is 6.07 Å². The third-order valence-electron chi connectivity index (χ3n) is 4.45. The van der Waals surface area contributed by atoms with Crippen LogP contribution in [0.2, 0.25) is 0 Å². The first-order chi connectivity index (χ1) is 10.4. The first-order valence-electron chi connectivity index (χ1n) is 6.81. The van der Waals surface area contributed by atoms with Crippen LogP contribution in [-0.2, 0) is 6.42 Å². The van der Waals surface area contributed by atoms with Crippen LogP contribution < -0.4 is 4.74 Å². The largest absolute Gasteiger partial charge is 0.507 e. The minimum absolute atomic E-state index is 0.0657. The maximum atomic E-state index is 11.0. The lowest BCUT2D eigenvalue weighted by Gasteiger charge is -2.36. The molecule has 1 heterocycles. The van der Waals surface area contributed by atoms with Crippen molar-refractivity contribution in [2.75, 3.05) is 6.61 Å². The van der Waals surface area contributed by atoms with Gasteiger partial charge in [0.05, 0.1) is 4.47 Å². The van der Waals surface area contributed by atoms with Crippen molar-refractivity contribution in [2.24, 2.45) is 0 Å². The second-order valence-electron chi connectivity index (χ2n) is 5.88. The van der Waals surface area contributed by atoms with Gasteiger partial charge in [-0.1, -0.05) is 0 Å². The molecule has 0 saturated carbocycles. The Morgan fingerprint density at radius 1 is 1.00 bits per heavy atom. The molecule has 0 spiro atoms. The molecular weight excluding hydrogens is 352 g/mol. The molecule has 0 unspecified atom stereocenters. The van der Waals surface area contributed by atoms with Crippen LogP contribution in [0, 0.1) is 0 Å². The Morgan fingerprint density at radius 3 is 2.50 bits per heavy atom. The second kappa shape index (κ2) is 4.30. The summed E-state index contributed by atoms with van der Waals surface area (Å²) in [6.45, 7) is 0.0853. The quantitative estimate of drug-likeness (QED) is 0.539. The molecule has 4 N–H and O–H groups in total. The third kappa shape index (κ3) is 1.74. The molecule has 0 fully saturated rings. The molecule has 2 aromatic rings. The van der Waals surface area contributed by atoms with Crippen LogP contribution in [0.25, 0.3) is 0 Å². The van der Waals surface area contributed by atoms with Gasteiger partial charge in [0.2, 0.25) is 0 Å². The van der Waals surface area contributed by atoms with E-state index in [0.29, 0.717) is 16.6 Å². The Labute approximate surface area is 134 Å². The van der Waals surface area contributed by atoms with Gasteiger partial charge < -0.3 is 25.2 Å². The van der Waals surface area contributed by atoms with Crippen LogP contribution in [0.4, 0.5) is 0 Å². The van der Waals surface area contributed by atoms with Gasteiger partial charge in [-0.05, 0) is 45.3 Å². The van der Waals surface area contributed by atoms with Gasteiger partial charge in [0.1, 0.15) is 23.7 Å². The van der Waals surface area contributed by atoms with E-state index in [1.807, 2.05) is 0 Å². The summed E-state index contributed by atoms with van der Waals surface area (Å²) in [6, 6.07) is 6.20. The predicted octanol–water partition coefficient (Wildman–Crippen LogP) is 2.38. The molecule has 0 aromatic heterocycles. The van der Waals surface area contributed by atoms with Crippen LogP contribution >= 0.6 is 15.9 Å². The van der Waals surface area contributed by atoms with Crippen molar-refractivity contribution in [3.8, 4) is 23.0 Å². The SMILES string of the molecule is Oc1cc2c(cc1O)[C@@H]1c3cc(Br)c(O)cc3OC[C@]1(O)C2. The maximum Gasteiger partial charge on any atom is 0.157 e. The summed E-state index contributed by atoms with van der Waals surface area (Å²) in [7, 11) is 0. The van der Waals surface area contributed by atoms with Crippen molar-refractivity contribution in [2.45, 2.75) is 17.9 Å². The summed E-state index contributed by atoms with van der Waals surface area (Å²) in [4.78, 5) is 0. The van der Waals surface area contributed by atoms with Gasteiger partial charge in [-0.2, -0.15) is 0 Å². The Balaban J connectivity index is 1.96. The van der Waals surface area contributed by atoms with E-state index in [4.69, 9.17) is 4.74 Å². The molecule has 2 aliphatic rings. The van der Waals surface area contributed by atoms with Crippen LogP contribution in [0.1, 0.15) is 22.6 Å². The van der Waals surface area contributed by atoms with Crippen molar-refractivity contribution >= 4 is 15.9 Å². The lowest BCUT2D eigenvalue weighted by atomic mass is 9.80. The fourth-order valence-corrected chi connectivity index (χ4v) is 3.84. The molecule has 22 heavy (non-hydrogen) atoms. The Morgan fingerprint density at radius 2 is 1.73 bits per heavy atom. The van der Waals surface area contributed by atoms with E-state index in [9.17, 15) is 20.4 Å². The van der Waals surface area contributed by atoms with E-state index < -0.39 is 5.60 Å².